The van der Waals surface area contributed by atoms with Gasteiger partial charge in [0.15, 0.2) is 0 Å². The van der Waals surface area contributed by atoms with Gasteiger partial charge >= 0.3 is 6.18 Å². The lowest BCUT2D eigenvalue weighted by Crippen LogP contribution is -2.31. The van der Waals surface area contributed by atoms with Crippen molar-refractivity contribution in [1.82, 2.24) is 5.32 Å². The molecule has 1 aromatic heterocycles. The highest BCUT2D eigenvalue weighted by Gasteiger charge is 2.29. The molecule has 88 valence electrons. The van der Waals surface area contributed by atoms with Crippen LogP contribution in [0.15, 0.2) is 6.07 Å². The Labute approximate surface area is 95.7 Å². The third-order valence-corrected chi connectivity index (χ3v) is 3.01. The van der Waals surface area contributed by atoms with Gasteiger partial charge in [-0.25, -0.2) is 0 Å². The van der Waals surface area contributed by atoms with Crippen LogP contribution in [-0.4, -0.2) is 12.7 Å². The molecule has 1 aromatic rings. The number of nitrogens with one attached hydrogen (secondary N) is 1. The Balaban J connectivity index is 2.77. The zero-order valence-electron chi connectivity index (χ0n) is 8.85. The van der Waals surface area contributed by atoms with Gasteiger partial charge in [0.05, 0.1) is 12.6 Å². The van der Waals surface area contributed by atoms with Gasteiger partial charge in [-0.1, -0.05) is 0 Å². The van der Waals surface area contributed by atoms with Crippen molar-refractivity contribution in [2.45, 2.75) is 26.1 Å². The monoisotopic (exact) mass is 248 g/mol. The van der Waals surface area contributed by atoms with Crippen molar-refractivity contribution in [2.24, 2.45) is 0 Å². The summed E-state index contributed by atoms with van der Waals surface area (Å²) in [7, 11) is 0. The molecule has 16 heavy (non-hydrogen) atoms. The van der Waals surface area contributed by atoms with Gasteiger partial charge in [-0.15, -0.1) is 11.3 Å². The van der Waals surface area contributed by atoms with Crippen LogP contribution in [0.5, 0.6) is 0 Å². The molecule has 0 saturated heterocycles. The van der Waals surface area contributed by atoms with Crippen LogP contribution in [0.2, 0.25) is 0 Å². The normalized spacial score (nSPS) is 13.5. The molecule has 1 atom stereocenters. The van der Waals surface area contributed by atoms with Crippen molar-refractivity contribution in [1.29, 1.82) is 5.26 Å². The summed E-state index contributed by atoms with van der Waals surface area (Å²) in [4.78, 5) is 1.86. The summed E-state index contributed by atoms with van der Waals surface area (Å²) < 4.78 is 36.0. The number of thiophene rings is 1. The fourth-order valence-electron chi connectivity index (χ4n) is 1.38. The molecule has 0 saturated carbocycles. The average Bonchev–Trinajstić information content (AvgIpc) is 2.45. The molecular formula is C10H11F3N2S. The fraction of sp³-hybridized carbons (Fsp3) is 0.500. The van der Waals surface area contributed by atoms with E-state index in [2.05, 4.69) is 5.32 Å². The number of halogens is 3. The van der Waals surface area contributed by atoms with Crippen LogP contribution in [-0.2, 0) is 0 Å². The molecule has 0 aromatic carbocycles. The second kappa shape index (κ2) is 4.85. The Hall–Kier alpha value is -1.06. The standard InChI is InChI=1S/C10H11F3N2S/c1-6-3-8(7(2)16-6)9(4-14)15-5-10(11,12)13/h3,9,15H,5H2,1-2H3. The van der Waals surface area contributed by atoms with Crippen molar-refractivity contribution in [3.05, 3.63) is 21.4 Å². The summed E-state index contributed by atoms with van der Waals surface area (Å²) in [6.07, 6.45) is -4.30. The number of aryl methyl sites for hydroxylation is 2. The molecule has 0 bridgehead atoms. The van der Waals surface area contributed by atoms with Crippen LogP contribution < -0.4 is 5.32 Å². The van der Waals surface area contributed by atoms with E-state index in [-0.39, 0.29) is 0 Å². The molecule has 0 radical (unpaired) electrons. The molecule has 0 amide bonds. The van der Waals surface area contributed by atoms with E-state index in [0.29, 0.717) is 5.56 Å². The van der Waals surface area contributed by atoms with Gasteiger partial charge in [0.25, 0.3) is 0 Å². The maximum atomic E-state index is 12.0. The quantitative estimate of drug-likeness (QED) is 0.892. The fourth-order valence-corrected chi connectivity index (χ4v) is 2.34. The predicted octanol–water partition coefficient (Wildman–Crippen LogP) is 3.08. The molecule has 0 spiro atoms. The van der Waals surface area contributed by atoms with Crippen LogP contribution in [0.4, 0.5) is 13.2 Å². The Morgan fingerprint density at radius 3 is 2.50 bits per heavy atom. The van der Waals surface area contributed by atoms with Crippen molar-refractivity contribution >= 4 is 11.3 Å². The molecule has 1 N–H and O–H groups in total. The Morgan fingerprint density at radius 1 is 1.50 bits per heavy atom. The first kappa shape index (κ1) is 13.0. The summed E-state index contributed by atoms with van der Waals surface area (Å²) in [5.74, 6) is 0. The first-order valence-corrected chi connectivity index (χ1v) is 5.42. The number of nitriles is 1. The minimum atomic E-state index is -4.30. The number of rotatable bonds is 3. The van der Waals surface area contributed by atoms with Gasteiger partial charge in [0, 0.05) is 9.75 Å². The van der Waals surface area contributed by atoms with Gasteiger partial charge in [-0.2, -0.15) is 18.4 Å². The second-order valence-corrected chi connectivity index (χ2v) is 4.89. The molecule has 1 unspecified atom stereocenters. The summed E-state index contributed by atoms with van der Waals surface area (Å²) in [6.45, 7) is 2.51. The van der Waals surface area contributed by atoms with Gasteiger partial charge in [-0.05, 0) is 25.5 Å². The first-order valence-electron chi connectivity index (χ1n) is 4.60. The largest absolute Gasteiger partial charge is 0.401 e. The van der Waals surface area contributed by atoms with E-state index in [1.54, 1.807) is 13.0 Å². The zero-order valence-corrected chi connectivity index (χ0v) is 9.67. The highest BCUT2D eigenvalue weighted by atomic mass is 32.1. The molecule has 1 rings (SSSR count). The van der Waals surface area contributed by atoms with Gasteiger partial charge in [-0.3, -0.25) is 5.32 Å². The Morgan fingerprint density at radius 2 is 2.12 bits per heavy atom. The minimum Gasteiger partial charge on any atom is -0.290 e. The van der Waals surface area contributed by atoms with Gasteiger partial charge in [0.2, 0.25) is 0 Å². The summed E-state index contributed by atoms with van der Waals surface area (Å²) in [6, 6.07) is 2.69. The highest BCUT2D eigenvalue weighted by Crippen LogP contribution is 2.26. The van der Waals surface area contributed by atoms with Crippen molar-refractivity contribution in [3.63, 3.8) is 0 Å². The molecule has 0 aliphatic heterocycles. The maximum Gasteiger partial charge on any atom is 0.401 e. The number of hydrogen-bond acceptors (Lipinski definition) is 3. The van der Waals surface area contributed by atoms with Crippen LogP contribution in [0.25, 0.3) is 0 Å². The van der Waals surface area contributed by atoms with E-state index in [4.69, 9.17) is 5.26 Å². The molecule has 0 aliphatic rings. The lowest BCUT2D eigenvalue weighted by molar-refractivity contribution is -0.125. The highest BCUT2D eigenvalue weighted by molar-refractivity contribution is 7.12. The molecule has 6 heteroatoms. The van der Waals surface area contributed by atoms with E-state index >= 15 is 0 Å². The first-order chi connectivity index (χ1) is 7.33. The van der Waals surface area contributed by atoms with Crippen LogP contribution >= 0.6 is 11.3 Å². The van der Waals surface area contributed by atoms with Crippen LogP contribution in [0.1, 0.15) is 21.4 Å². The van der Waals surface area contributed by atoms with Crippen LogP contribution in [0.3, 0.4) is 0 Å². The summed E-state index contributed by atoms with van der Waals surface area (Å²) in [5.41, 5.74) is 0.634. The SMILES string of the molecule is Cc1cc(C(C#N)NCC(F)(F)F)c(C)s1. The predicted molar refractivity (Wildman–Crippen MR) is 56.2 cm³/mol. The molecule has 0 fully saturated rings. The summed E-state index contributed by atoms with van der Waals surface area (Å²) in [5, 5.41) is 11.0. The van der Waals surface area contributed by atoms with Crippen molar-refractivity contribution < 1.29 is 13.2 Å². The Kier molecular flexibility index (Phi) is 3.94. The van der Waals surface area contributed by atoms with Crippen LogP contribution in [0, 0.1) is 25.2 Å². The van der Waals surface area contributed by atoms with E-state index in [9.17, 15) is 13.2 Å². The zero-order chi connectivity index (χ0) is 12.3. The number of nitrogens with zero attached hydrogens (tertiary/aromatic N) is 1. The Bertz CT molecular complexity index is 403. The van der Waals surface area contributed by atoms with E-state index < -0.39 is 18.8 Å². The third-order valence-electron chi connectivity index (χ3n) is 2.03. The second-order valence-electron chi connectivity index (χ2n) is 3.43. The molecule has 1 heterocycles. The molecule has 2 nitrogen and oxygen atoms in total. The van der Waals surface area contributed by atoms with Crippen molar-refractivity contribution in [3.8, 4) is 6.07 Å². The number of alkyl halides is 3. The van der Waals surface area contributed by atoms with Gasteiger partial charge < -0.3 is 0 Å². The maximum absolute atomic E-state index is 12.0. The average molecular weight is 248 g/mol. The van der Waals surface area contributed by atoms with Gasteiger partial charge in [0.1, 0.15) is 6.04 Å². The lowest BCUT2D eigenvalue weighted by Gasteiger charge is -2.13. The van der Waals surface area contributed by atoms with E-state index in [1.165, 1.54) is 11.3 Å². The smallest absolute Gasteiger partial charge is 0.290 e. The molecular weight excluding hydrogens is 237 g/mol. The van der Waals surface area contributed by atoms with E-state index in [1.807, 2.05) is 13.0 Å². The summed E-state index contributed by atoms with van der Waals surface area (Å²) >= 11 is 1.47. The lowest BCUT2D eigenvalue weighted by atomic mass is 10.1. The van der Waals surface area contributed by atoms with E-state index in [0.717, 1.165) is 9.75 Å². The third kappa shape index (κ3) is 3.51. The number of hydrogen-bond donors (Lipinski definition) is 1. The molecule has 0 aliphatic carbocycles. The topological polar surface area (TPSA) is 35.8 Å². The minimum absolute atomic E-state index is 0.634. The van der Waals surface area contributed by atoms with Crippen molar-refractivity contribution in [2.75, 3.05) is 6.54 Å².